The van der Waals surface area contributed by atoms with Crippen molar-refractivity contribution in [1.29, 1.82) is 0 Å². The lowest BCUT2D eigenvalue weighted by Crippen LogP contribution is -2.24. The Morgan fingerprint density at radius 2 is 2.27 bits per heavy atom. The molecular formula is C6H6N3O2-. The molecule has 2 N–H and O–H groups in total. The van der Waals surface area contributed by atoms with Crippen LogP contribution in [-0.2, 0) is 0 Å². The molecule has 0 amide bonds. The van der Waals surface area contributed by atoms with Gasteiger partial charge >= 0.3 is 0 Å². The van der Waals surface area contributed by atoms with Gasteiger partial charge in [-0.05, 0) is 13.0 Å². The maximum Gasteiger partial charge on any atom is 0.220 e. The number of aryl methyl sites for hydroxylation is 1. The molecule has 0 saturated heterocycles. The smallest absolute Gasteiger partial charge is 0.220 e. The number of hydrogen-bond acceptors (Lipinski definition) is 5. The summed E-state index contributed by atoms with van der Waals surface area (Å²) >= 11 is 0. The molecule has 0 bridgehead atoms. The van der Waals surface area contributed by atoms with Crippen molar-refractivity contribution in [2.24, 2.45) is 0 Å². The van der Waals surface area contributed by atoms with E-state index in [-0.39, 0.29) is 11.6 Å². The number of hydrogen-bond donors (Lipinski definition) is 1. The van der Waals surface area contributed by atoms with Crippen molar-refractivity contribution in [2.75, 3.05) is 5.73 Å². The number of rotatable bonds is 1. The highest BCUT2D eigenvalue weighted by Crippen LogP contribution is 1.99. The van der Waals surface area contributed by atoms with Gasteiger partial charge < -0.3 is 15.6 Å². The van der Waals surface area contributed by atoms with Crippen LogP contribution in [0.25, 0.3) is 0 Å². The summed E-state index contributed by atoms with van der Waals surface area (Å²) in [6.07, 6.45) is 0. The van der Waals surface area contributed by atoms with Crippen molar-refractivity contribution in [3.8, 4) is 0 Å². The average molecular weight is 152 g/mol. The zero-order valence-electron chi connectivity index (χ0n) is 5.87. The number of nitrogens with zero attached hydrogens (tertiary/aromatic N) is 2. The second-order valence-electron chi connectivity index (χ2n) is 2.04. The second kappa shape index (κ2) is 2.53. The normalized spacial score (nSPS) is 9.55. The largest absolute Gasteiger partial charge is 0.543 e. The molecule has 0 aliphatic rings. The number of carboxylic acids is 1. The molecule has 5 heteroatoms. The van der Waals surface area contributed by atoms with Gasteiger partial charge in [-0.1, -0.05) is 0 Å². The van der Waals surface area contributed by atoms with Crippen molar-refractivity contribution in [3.63, 3.8) is 0 Å². The molecule has 0 radical (unpaired) electrons. The molecule has 1 aromatic rings. The number of nitrogens with two attached hydrogens (primary N) is 1. The van der Waals surface area contributed by atoms with Gasteiger partial charge in [-0.15, -0.1) is 0 Å². The predicted octanol–water partition coefficient (Wildman–Crippen LogP) is -1.27. The monoisotopic (exact) mass is 152 g/mol. The molecular weight excluding hydrogens is 146 g/mol. The summed E-state index contributed by atoms with van der Waals surface area (Å²) in [5.41, 5.74) is 5.51. The Bertz CT molecular complexity index is 278. The Kier molecular flexibility index (Phi) is 1.72. The fourth-order valence-electron chi connectivity index (χ4n) is 0.696. The first-order valence-corrected chi connectivity index (χ1v) is 2.92. The maximum absolute atomic E-state index is 10.2. The van der Waals surface area contributed by atoms with E-state index in [4.69, 9.17) is 5.73 Å². The van der Waals surface area contributed by atoms with E-state index in [0.29, 0.717) is 5.69 Å². The van der Waals surface area contributed by atoms with Crippen LogP contribution in [0.1, 0.15) is 16.2 Å². The SMILES string of the molecule is Cc1cc(C(=O)[O-])nc(N)n1. The lowest BCUT2D eigenvalue weighted by Gasteiger charge is -2.02. The van der Waals surface area contributed by atoms with Gasteiger partial charge in [0.1, 0.15) is 0 Å². The average Bonchev–Trinajstić information content (AvgIpc) is 1.85. The third kappa shape index (κ3) is 1.64. The third-order valence-corrected chi connectivity index (χ3v) is 1.08. The van der Waals surface area contributed by atoms with Crippen LogP contribution in [0.5, 0.6) is 0 Å². The van der Waals surface area contributed by atoms with E-state index in [0.717, 1.165) is 0 Å². The standard InChI is InChI=1S/C6H7N3O2/c1-3-2-4(5(10)11)9-6(7)8-3/h2H,1H3,(H,10,11)(H2,7,8,9)/p-1. The fraction of sp³-hybridized carbons (Fsp3) is 0.167. The zero-order valence-corrected chi connectivity index (χ0v) is 5.87. The van der Waals surface area contributed by atoms with Crippen molar-refractivity contribution < 1.29 is 9.90 Å². The Morgan fingerprint density at radius 3 is 2.73 bits per heavy atom. The summed E-state index contributed by atoms with van der Waals surface area (Å²) in [4.78, 5) is 17.4. The van der Waals surface area contributed by atoms with Crippen LogP contribution >= 0.6 is 0 Å². The highest BCUT2D eigenvalue weighted by molar-refractivity contribution is 5.83. The lowest BCUT2D eigenvalue weighted by molar-refractivity contribution is -0.255. The molecule has 5 nitrogen and oxygen atoms in total. The van der Waals surface area contributed by atoms with Gasteiger partial charge in [0.05, 0.1) is 11.7 Å². The van der Waals surface area contributed by atoms with Crippen molar-refractivity contribution in [1.82, 2.24) is 9.97 Å². The molecule has 0 unspecified atom stereocenters. The van der Waals surface area contributed by atoms with E-state index in [9.17, 15) is 9.90 Å². The Hall–Kier alpha value is -1.65. The molecule has 0 aliphatic heterocycles. The van der Waals surface area contributed by atoms with Crippen LogP contribution in [0.15, 0.2) is 6.07 Å². The highest BCUT2D eigenvalue weighted by Gasteiger charge is 1.98. The number of aromatic carboxylic acids is 1. The van der Waals surface area contributed by atoms with Gasteiger partial charge in [-0.25, -0.2) is 9.97 Å². The first kappa shape index (κ1) is 7.46. The highest BCUT2D eigenvalue weighted by atomic mass is 16.4. The summed E-state index contributed by atoms with van der Waals surface area (Å²) in [6.45, 7) is 1.63. The number of aromatic nitrogens is 2. The van der Waals surface area contributed by atoms with Crippen LogP contribution < -0.4 is 10.8 Å². The fourth-order valence-corrected chi connectivity index (χ4v) is 0.696. The van der Waals surface area contributed by atoms with Crippen LogP contribution in [0.4, 0.5) is 5.95 Å². The van der Waals surface area contributed by atoms with Gasteiger partial charge in [-0.2, -0.15) is 0 Å². The summed E-state index contributed by atoms with van der Waals surface area (Å²) in [5, 5.41) is 10.2. The molecule has 0 fully saturated rings. The number of carbonyl (C=O) groups is 1. The van der Waals surface area contributed by atoms with Gasteiger partial charge in [0, 0.05) is 5.69 Å². The Morgan fingerprint density at radius 1 is 1.64 bits per heavy atom. The minimum Gasteiger partial charge on any atom is -0.543 e. The zero-order chi connectivity index (χ0) is 8.43. The summed E-state index contributed by atoms with van der Waals surface area (Å²) < 4.78 is 0. The third-order valence-electron chi connectivity index (χ3n) is 1.08. The number of nitrogen functional groups attached to an aromatic ring is 1. The molecule has 0 spiro atoms. The molecule has 1 aromatic heterocycles. The van der Waals surface area contributed by atoms with Crippen LogP contribution in [0.2, 0.25) is 0 Å². The van der Waals surface area contributed by atoms with Crippen LogP contribution in [0.3, 0.4) is 0 Å². The molecule has 1 heterocycles. The number of anilines is 1. The first-order chi connectivity index (χ1) is 5.09. The van der Waals surface area contributed by atoms with Gasteiger partial charge in [0.25, 0.3) is 0 Å². The van der Waals surface area contributed by atoms with E-state index in [1.807, 2.05) is 0 Å². The second-order valence-corrected chi connectivity index (χ2v) is 2.04. The van der Waals surface area contributed by atoms with Crippen molar-refractivity contribution in [3.05, 3.63) is 17.5 Å². The molecule has 0 saturated carbocycles. The molecule has 58 valence electrons. The molecule has 11 heavy (non-hydrogen) atoms. The van der Waals surface area contributed by atoms with Gasteiger partial charge in [0.2, 0.25) is 5.95 Å². The minimum atomic E-state index is -1.35. The molecule has 0 aromatic carbocycles. The molecule has 1 rings (SSSR count). The molecule has 0 aliphatic carbocycles. The van der Waals surface area contributed by atoms with Gasteiger partial charge in [0.15, 0.2) is 0 Å². The van der Waals surface area contributed by atoms with Gasteiger partial charge in [-0.3, -0.25) is 0 Å². The quantitative estimate of drug-likeness (QED) is 0.541. The van der Waals surface area contributed by atoms with E-state index in [1.165, 1.54) is 6.07 Å². The van der Waals surface area contributed by atoms with E-state index in [2.05, 4.69) is 9.97 Å². The van der Waals surface area contributed by atoms with E-state index < -0.39 is 5.97 Å². The maximum atomic E-state index is 10.2. The van der Waals surface area contributed by atoms with Crippen molar-refractivity contribution >= 4 is 11.9 Å². The molecule has 0 atom stereocenters. The van der Waals surface area contributed by atoms with Crippen LogP contribution in [-0.4, -0.2) is 15.9 Å². The minimum absolute atomic E-state index is 0.0517. The predicted molar refractivity (Wildman–Crippen MR) is 35.5 cm³/mol. The lowest BCUT2D eigenvalue weighted by atomic mass is 10.3. The summed E-state index contributed by atoms with van der Waals surface area (Å²) in [5.74, 6) is -1.40. The van der Waals surface area contributed by atoms with Crippen molar-refractivity contribution in [2.45, 2.75) is 6.92 Å². The summed E-state index contributed by atoms with van der Waals surface area (Å²) in [7, 11) is 0. The first-order valence-electron chi connectivity index (χ1n) is 2.92. The number of carboxylic acid groups (broad SMARTS) is 1. The topological polar surface area (TPSA) is 91.9 Å². The van der Waals surface area contributed by atoms with E-state index in [1.54, 1.807) is 6.92 Å². The summed E-state index contributed by atoms with van der Waals surface area (Å²) in [6, 6.07) is 1.30. The number of carbonyl (C=O) groups excluding carboxylic acids is 1. The van der Waals surface area contributed by atoms with Crippen LogP contribution in [0, 0.1) is 6.92 Å². The Labute approximate surface area is 62.9 Å². The Balaban J connectivity index is 3.19. The van der Waals surface area contributed by atoms with E-state index >= 15 is 0 Å².